The van der Waals surface area contributed by atoms with Crippen LogP contribution >= 0.6 is 0 Å². The van der Waals surface area contributed by atoms with Gasteiger partial charge in [0.05, 0.1) is 26.6 Å². The molecule has 0 aliphatic heterocycles. The van der Waals surface area contributed by atoms with Crippen molar-refractivity contribution in [2.24, 2.45) is 56.7 Å². The quantitative estimate of drug-likeness (QED) is 0.168. The molecule has 0 bridgehead atoms. The Hall–Kier alpha value is -1.85. The number of carbonyl (C=O) groups excluding carboxylic acids is 3. The Morgan fingerprint density at radius 2 is 1.47 bits per heavy atom. The summed E-state index contributed by atoms with van der Waals surface area (Å²) in [4.78, 5) is 36.3. The van der Waals surface area contributed by atoms with E-state index in [1.54, 1.807) is 6.92 Å². The van der Waals surface area contributed by atoms with Crippen molar-refractivity contribution in [1.82, 2.24) is 0 Å². The molecule has 0 aromatic carbocycles. The van der Waals surface area contributed by atoms with Gasteiger partial charge in [-0.05, 0) is 117 Å². The standard InChI is InChI=1S/C37H58O6/c1-23(2)25-14-19-37(22-42-24(3)38)21-20-35(7)26(32(25)37)10-11-28-34(6)17-16-29(43-31(40)13-12-30(39)41-9)33(4,5)27(34)15-18-36(28,35)8/h25-29,32H,1,10-22H2,2-9H3/t25-,26+,27+,28+,29-,32+,34-,35+,36+,37+/m0/s1. The van der Waals surface area contributed by atoms with E-state index in [0.717, 1.165) is 32.1 Å². The topological polar surface area (TPSA) is 78.9 Å². The van der Waals surface area contributed by atoms with Crippen LogP contribution < -0.4 is 0 Å². The second-order valence-corrected chi connectivity index (χ2v) is 16.7. The lowest BCUT2D eigenvalue weighted by Gasteiger charge is -2.73. The lowest BCUT2D eigenvalue weighted by atomic mass is 9.32. The van der Waals surface area contributed by atoms with Crippen LogP contribution in [0.1, 0.15) is 126 Å². The molecule has 0 radical (unpaired) electrons. The van der Waals surface area contributed by atoms with Crippen LogP contribution in [0.4, 0.5) is 0 Å². The summed E-state index contributed by atoms with van der Waals surface area (Å²) < 4.78 is 16.6. The highest BCUT2D eigenvalue weighted by Crippen LogP contribution is 2.77. The van der Waals surface area contributed by atoms with Crippen molar-refractivity contribution in [3.63, 3.8) is 0 Å². The van der Waals surface area contributed by atoms with Gasteiger partial charge in [0, 0.05) is 17.8 Å². The van der Waals surface area contributed by atoms with Crippen molar-refractivity contribution in [2.75, 3.05) is 13.7 Å². The van der Waals surface area contributed by atoms with Crippen molar-refractivity contribution < 1.29 is 28.6 Å². The number of hydrogen-bond donors (Lipinski definition) is 0. The zero-order valence-corrected chi connectivity index (χ0v) is 28.3. The van der Waals surface area contributed by atoms with Gasteiger partial charge in [0.25, 0.3) is 0 Å². The van der Waals surface area contributed by atoms with Gasteiger partial charge < -0.3 is 14.2 Å². The fourth-order valence-corrected chi connectivity index (χ4v) is 12.5. The first-order chi connectivity index (χ1) is 20.1. The molecule has 5 aliphatic rings. The van der Waals surface area contributed by atoms with Crippen LogP contribution in [-0.2, 0) is 28.6 Å². The minimum atomic E-state index is -0.374. The second-order valence-electron chi connectivity index (χ2n) is 16.7. The lowest BCUT2D eigenvalue weighted by molar-refractivity contribution is -0.252. The first-order valence-electron chi connectivity index (χ1n) is 17.1. The van der Waals surface area contributed by atoms with Gasteiger partial charge in [-0.15, -0.1) is 0 Å². The van der Waals surface area contributed by atoms with Gasteiger partial charge in [-0.3, -0.25) is 14.4 Å². The van der Waals surface area contributed by atoms with E-state index in [9.17, 15) is 14.4 Å². The van der Waals surface area contributed by atoms with Crippen LogP contribution in [0.5, 0.6) is 0 Å². The van der Waals surface area contributed by atoms with Crippen LogP contribution in [0.15, 0.2) is 12.2 Å². The molecule has 5 aliphatic carbocycles. The highest BCUT2D eigenvalue weighted by Gasteiger charge is 2.71. The van der Waals surface area contributed by atoms with Crippen LogP contribution in [-0.4, -0.2) is 37.7 Å². The predicted octanol–water partition coefficient (Wildman–Crippen LogP) is 8.07. The van der Waals surface area contributed by atoms with Gasteiger partial charge in [0.15, 0.2) is 0 Å². The minimum Gasteiger partial charge on any atom is -0.469 e. The highest BCUT2D eigenvalue weighted by atomic mass is 16.5. The molecule has 0 heterocycles. The Morgan fingerprint density at radius 1 is 0.767 bits per heavy atom. The minimum absolute atomic E-state index is 0.0686. The molecule has 0 aromatic rings. The van der Waals surface area contributed by atoms with Crippen LogP contribution in [0.25, 0.3) is 0 Å². The maximum atomic E-state index is 12.7. The van der Waals surface area contributed by atoms with Crippen molar-refractivity contribution in [1.29, 1.82) is 0 Å². The van der Waals surface area contributed by atoms with Gasteiger partial charge in [0.2, 0.25) is 0 Å². The molecule has 6 heteroatoms. The first-order valence-corrected chi connectivity index (χ1v) is 17.1. The molecule has 43 heavy (non-hydrogen) atoms. The first kappa shape index (κ1) is 32.5. The molecule has 0 amide bonds. The van der Waals surface area contributed by atoms with Crippen molar-refractivity contribution in [3.8, 4) is 0 Å². The molecule has 10 atom stereocenters. The fraction of sp³-hybridized carbons (Fsp3) is 0.865. The number of allylic oxidation sites excluding steroid dienone is 1. The number of ether oxygens (including phenoxy) is 3. The molecule has 242 valence electrons. The summed E-state index contributed by atoms with van der Waals surface area (Å²) in [6.45, 7) is 21.3. The smallest absolute Gasteiger partial charge is 0.306 e. The van der Waals surface area contributed by atoms with Gasteiger partial charge in [-0.25, -0.2) is 0 Å². The van der Waals surface area contributed by atoms with Gasteiger partial charge in [-0.2, -0.15) is 0 Å². The van der Waals surface area contributed by atoms with Crippen molar-refractivity contribution >= 4 is 17.9 Å². The van der Waals surface area contributed by atoms with E-state index in [0.29, 0.717) is 36.2 Å². The zero-order valence-electron chi connectivity index (χ0n) is 28.3. The molecule has 0 N–H and O–H groups in total. The zero-order chi connectivity index (χ0) is 31.6. The van der Waals surface area contributed by atoms with E-state index in [1.165, 1.54) is 44.8 Å². The summed E-state index contributed by atoms with van der Waals surface area (Å²) >= 11 is 0. The Morgan fingerprint density at radius 3 is 2.12 bits per heavy atom. The Labute approximate surface area is 260 Å². The molecule has 0 aromatic heterocycles. The van der Waals surface area contributed by atoms with E-state index in [2.05, 4.69) is 48.1 Å². The average Bonchev–Trinajstić information content (AvgIpc) is 3.33. The number of esters is 3. The maximum Gasteiger partial charge on any atom is 0.306 e. The third-order valence-electron chi connectivity index (χ3n) is 14.8. The van der Waals surface area contributed by atoms with E-state index < -0.39 is 0 Å². The number of rotatable bonds is 7. The summed E-state index contributed by atoms with van der Waals surface area (Å²) in [6, 6.07) is 0. The summed E-state index contributed by atoms with van der Waals surface area (Å²) in [7, 11) is 1.35. The van der Waals surface area contributed by atoms with Gasteiger partial charge >= 0.3 is 17.9 Å². The largest absolute Gasteiger partial charge is 0.469 e. The summed E-state index contributed by atoms with van der Waals surface area (Å²) in [5.41, 5.74) is 1.92. The van der Waals surface area contributed by atoms with Crippen molar-refractivity contribution in [2.45, 2.75) is 132 Å². The molecule has 5 saturated carbocycles. The second kappa shape index (κ2) is 11.2. The normalized spacial score (nSPS) is 44.6. The summed E-state index contributed by atoms with van der Waals surface area (Å²) in [6.07, 6.45) is 11.5. The Bertz CT molecular complexity index is 1140. The van der Waals surface area contributed by atoms with E-state index in [-0.39, 0.29) is 63.9 Å². The number of hydrogen-bond acceptors (Lipinski definition) is 6. The fourth-order valence-electron chi connectivity index (χ4n) is 12.5. The van der Waals surface area contributed by atoms with Gasteiger partial charge in [0.1, 0.15) is 6.10 Å². The SMILES string of the molecule is C=C(C)[C@@H]1CC[C@]2(COC(C)=O)CC[C@]3(C)[C@H](CC[C@@H]4[C@@]5(C)CC[C@H](OC(=O)CCC(=O)OC)C(C)(C)[C@H]5CC[C@]43C)[C@@H]12. The molecular formula is C37H58O6. The van der Waals surface area contributed by atoms with Gasteiger partial charge in [-0.1, -0.05) is 46.8 Å². The predicted molar refractivity (Wildman–Crippen MR) is 167 cm³/mol. The molecular weight excluding hydrogens is 540 g/mol. The number of carbonyl (C=O) groups is 3. The van der Waals surface area contributed by atoms with E-state index >= 15 is 0 Å². The summed E-state index contributed by atoms with van der Waals surface area (Å²) in [5.74, 6) is 1.94. The Balaban J connectivity index is 1.40. The number of fused-ring (bicyclic) bond motifs is 7. The average molecular weight is 599 g/mol. The maximum absolute atomic E-state index is 12.7. The lowest BCUT2D eigenvalue weighted by Crippen LogP contribution is -2.67. The third kappa shape index (κ3) is 5.00. The van der Waals surface area contributed by atoms with Crippen LogP contribution in [0, 0.1) is 56.7 Å². The molecule has 6 nitrogen and oxygen atoms in total. The molecule has 0 saturated heterocycles. The number of methoxy groups -OCH3 is 1. The van der Waals surface area contributed by atoms with Crippen LogP contribution in [0.2, 0.25) is 0 Å². The highest BCUT2D eigenvalue weighted by molar-refractivity contribution is 5.77. The van der Waals surface area contributed by atoms with Crippen LogP contribution in [0.3, 0.4) is 0 Å². The molecule has 5 rings (SSSR count). The molecule has 0 unspecified atom stereocenters. The monoisotopic (exact) mass is 598 g/mol. The molecule has 5 fully saturated rings. The third-order valence-corrected chi connectivity index (χ3v) is 14.8. The Kier molecular flexibility index (Phi) is 8.47. The van der Waals surface area contributed by atoms with E-state index in [1.807, 2.05) is 0 Å². The molecule has 0 spiro atoms. The van der Waals surface area contributed by atoms with E-state index in [4.69, 9.17) is 14.2 Å². The van der Waals surface area contributed by atoms with Crippen molar-refractivity contribution in [3.05, 3.63) is 12.2 Å². The summed E-state index contributed by atoms with van der Waals surface area (Å²) in [5, 5.41) is 0.